The van der Waals surface area contributed by atoms with Crippen LogP contribution in [0.25, 0.3) is 21.9 Å². The number of H-pyrrole nitrogens is 1. The Balaban J connectivity index is 1.91. The number of anilines is 2. The Hall–Kier alpha value is -3.27. The highest BCUT2D eigenvalue weighted by Crippen LogP contribution is 2.37. The first kappa shape index (κ1) is 20.0. The lowest BCUT2D eigenvalue weighted by Gasteiger charge is -2.21. The maximum Gasteiger partial charge on any atom is 0.186 e. The summed E-state index contributed by atoms with van der Waals surface area (Å²) in [6, 6.07) is 6.14. The molecule has 4 rings (SSSR count). The molecule has 0 radical (unpaired) electrons. The fraction of sp³-hybridized carbons (Fsp3) is 0.250. The van der Waals surface area contributed by atoms with Gasteiger partial charge < -0.3 is 10.1 Å². The van der Waals surface area contributed by atoms with Crippen LogP contribution in [0.3, 0.4) is 0 Å². The van der Waals surface area contributed by atoms with Gasteiger partial charge in [0.05, 0.1) is 34.6 Å². The van der Waals surface area contributed by atoms with E-state index in [4.69, 9.17) is 4.74 Å². The summed E-state index contributed by atoms with van der Waals surface area (Å²) in [5, 5.41) is 11.0. The van der Waals surface area contributed by atoms with E-state index in [1.54, 1.807) is 45.2 Å². The van der Waals surface area contributed by atoms with Crippen LogP contribution in [0.15, 0.2) is 41.6 Å². The van der Waals surface area contributed by atoms with Gasteiger partial charge in [-0.05, 0) is 39.0 Å². The van der Waals surface area contributed by atoms with Crippen molar-refractivity contribution in [1.29, 1.82) is 0 Å². The number of hydrogen-bond acceptors (Lipinski definition) is 7. The standard InChI is InChI=1S/C20H20FN5O3S/c1-20(2,3)30(27,28)17-8-12-14(5-6-22-15(12)9-16(17)29-4)24-19-13-7-11(21)10-23-18(13)25-26-19/h5-10H,1-4H3,(H2,22,23,24,25,26). The van der Waals surface area contributed by atoms with Crippen LogP contribution in [0.1, 0.15) is 20.8 Å². The van der Waals surface area contributed by atoms with E-state index in [1.807, 2.05) is 0 Å². The molecule has 4 aromatic rings. The molecular weight excluding hydrogens is 409 g/mol. The van der Waals surface area contributed by atoms with Crippen molar-refractivity contribution in [3.63, 3.8) is 0 Å². The summed E-state index contributed by atoms with van der Waals surface area (Å²) in [6.45, 7) is 4.89. The number of pyridine rings is 2. The van der Waals surface area contributed by atoms with Crippen LogP contribution in [0.4, 0.5) is 15.9 Å². The van der Waals surface area contributed by atoms with Crippen molar-refractivity contribution in [3.8, 4) is 5.75 Å². The van der Waals surface area contributed by atoms with E-state index >= 15 is 0 Å². The molecule has 0 saturated heterocycles. The minimum Gasteiger partial charge on any atom is -0.495 e. The van der Waals surface area contributed by atoms with Gasteiger partial charge in [0.25, 0.3) is 0 Å². The fourth-order valence-electron chi connectivity index (χ4n) is 3.07. The maximum atomic E-state index is 13.6. The lowest BCUT2D eigenvalue weighted by atomic mass is 10.1. The molecule has 0 saturated carbocycles. The molecule has 0 bridgehead atoms. The Labute approximate surface area is 172 Å². The van der Waals surface area contributed by atoms with Gasteiger partial charge in [-0.2, -0.15) is 5.10 Å². The monoisotopic (exact) mass is 429 g/mol. The van der Waals surface area contributed by atoms with E-state index in [0.29, 0.717) is 33.4 Å². The fourth-order valence-corrected chi connectivity index (χ4v) is 4.41. The van der Waals surface area contributed by atoms with Gasteiger partial charge in [0.15, 0.2) is 15.5 Å². The van der Waals surface area contributed by atoms with Crippen molar-refractivity contribution < 1.29 is 17.5 Å². The van der Waals surface area contributed by atoms with E-state index in [-0.39, 0.29) is 10.6 Å². The van der Waals surface area contributed by atoms with Crippen molar-refractivity contribution in [2.24, 2.45) is 0 Å². The molecule has 30 heavy (non-hydrogen) atoms. The first-order valence-electron chi connectivity index (χ1n) is 9.10. The van der Waals surface area contributed by atoms with Crippen LogP contribution in [-0.2, 0) is 9.84 Å². The lowest BCUT2D eigenvalue weighted by molar-refractivity contribution is 0.402. The Morgan fingerprint density at radius 3 is 2.60 bits per heavy atom. The van der Waals surface area contributed by atoms with Gasteiger partial charge >= 0.3 is 0 Å². The minimum absolute atomic E-state index is 0.0724. The third-order valence-corrected chi connectivity index (χ3v) is 7.27. The van der Waals surface area contributed by atoms with Gasteiger partial charge in [-0.25, -0.2) is 17.8 Å². The van der Waals surface area contributed by atoms with Gasteiger partial charge in [-0.1, -0.05) is 0 Å². The maximum absolute atomic E-state index is 13.6. The number of nitrogens with zero attached hydrogens (tertiary/aromatic N) is 3. The number of halogens is 1. The molecule has 0 unspecified atom stereocenters. The highest BCUT2D eigenvalue weighted by Gasteiger charge is 2.34. The number of rotatable bonds is 4. The molecule has 8 nitrogen and oxygen atoms in total. The van der Waals surface area contributed by atoms with Crippen LogP contribution in [0.5, 0.6) is 5.75 Å². The Bertz CT molecular complexity index is 1380. The highest BCUT2D eigenvalue weighted by atomic mass is 32.2. The zero-order valence-electron chi connectivity index (χ0n) is 16.8. The number of aromatic nitrogens is 4. The number of methoxy groups -OCH3 is 1. The molecule has 0 amide bonds. The quantitative estimate of drug-likeness (QED) is 0.505. The first-order valence-corrected chi connectivity index (χ1v) is 10.6. The van der Waals surface area contributed by atoms with Gasteiger partial charge in [-0.15, -0.1) is 0 Å². The van der Waals surface area contributed by atoms with Crippen molar-refractivity contribution in [2.75, 3.05) is 12.4 Å². The molecule has 0 aliphatic carbocycles. The molecule has 0 fully saturated rings. The van der Waals surface area contributed by atoms with Crippen molar-refractivity contribution in [1.82, 2.24) is 20.2 Å². The molecule has 0 atom stereocenters. The predicted molar refractivity (Wildman–Crippen MR) is 112 cm³/mol. The van der Waals surface area contributed by atoms with Crippen LogP contribution in [-0.4, -0.2) is 40.4 Å². The SMILES string of the molecule is COc1cc2nccc(Nc3[nH]nc4ncc(F)cc34)c2cc1S(=O)(=O)C(C)(C)C. The van der Waals surface area contributed by atoms with Gasteiger partial charge in [0.2, 0.25) is 0 Å². The molecule has 2 N–H and O–H groups in total. The van der Waals surface area contributed by atoms with Crippen molar-refractivity contribution in [3.05, 3.63) is 42.5 Å². The third-order valence-electron chi connectivity index (χ3n) is 4.76. The van der Waals surface area contributed by atoms with E-state index in [0.717, 1.165) is 6.20 Å². The van der Waals surface area contributed by atoms with Gasteiger partial charge in [0, 0.05) is 17.6 Å². The smallest absolute Gasteiger partial charge is 0.186 e. The van der Waals surface area contributed by atoms with E-state index in [2.05, 4.69) is 25.5 Å². The van der Waals surface area contributed by atoms with E-state index in [9.17, 15) is 12.8 Å². The summed E-state index contributed by atoms with van der Waals surface area (Å²) >= 11 is 0. The van der Waals surface area contributed by atoms with Crippen LogP contribution < -0.4 is 10.1 Å². The normalized spacial score (nSPS) is 12.4. The predicted octanol–water partition coefficient (Wildman–Crippen LogP) is 3.97. The minimum atomic E-state index is -3.69. The molecule has 1 aromatic carbocycles. The number of nitrogens with one attached hydrogen (secondary N) is 2. The lowest BCUT2D eigenvalue weighted by Crippen LogP contribution is -2.28. The summed E-state index contributed by atoms with van der Waals surface area (Å²) in [6.07, 6.45) is 2.67. The summed E-state index contributed by atoms with van der Waals surface area (Å²) in [4.78, 5) is 8.34. The first-order chi connectivity index (χ1) is 14.1. The van der Waals surface area contributed by atoms with Crippen LogP contribution in [0, 0.1) is 5.82 Å². The Morgan fingerprint density at radius 2 is 1.90 bits per heavy atom. The molecule has 0 aliphatic heterocycles. The molecular formula is C20H20FN5O3S. The van der Waals surface area contributed by atoms with Crippen LogP contribution >= 0.6 is 0 Å². The summed E-state index contributed by atoms with van der Waals surface area (Å²) < 4.78 is 44.2. The second kappa shape index (κ2) is 6.91. The molecule has 3 heterocycles. The zero-order chi connectivity index (χ0) is 21.7. The van der Waals surface area contributed by atoms with E-state index in [1.165, 1.54) is 13.2 Å². The third kappa shape index (κ3) is 3.22. The molecule has 156 valence electrons. The van der Waals surface area contributed by atoms with Crippen molar-refractivity contribution >= 4 is 43.3 Å². The number of hydrogen-bond donors (Lipinski definition) is 2. The average molecular weight is 429 g/mol. The second-order valence-electron chi connectivity index (χ2n) is 7.74. The van der Waals surface area contributed by atoms with Gasteiger partial charge in [-0.3, -0.25) is 10.1 Å². The molecule has 0 spiro atoms. The average Bonchev–Trinajstić information content (AvgIpc) is 3.08. The van der Waals surface area contributed by atoms with E-state index < -0.39 is 20.4 Å². The molecule has 0 aliphatic rings. The van der Waals surface area contributed by atoms with Crippen LogP contribution in [0.2, 0.25) is 0 Å². The topological polar surface area (TPSA) is 110 Å². The number of fused-ring (bicyclic) bond motifs is 2. The summed E-state index contributed by atoms with van der Waals surface area (Å²) in [7, 11) is -2.27. The zero-order valence-corrected chi connectivity index (χ0v) is 17.6. The summed E-state index contributed by atoms with van der Waals surface area (Å²) in [5.74, 6) is 0.163. The Kier molecular flexibility index (Phi) is 4.61. The van der Waals surface area contributed by atoms with Gasteiger partial charge in [0.1, 0.15) is 22.3 Å². The molecule has 3 aromatic heterocycles. The highest BCUT2D eigenvalue weighted by molar-refractivity contribution is 7.92. The number of aromatic amines is 1. The number of sulfone groups is 1. The number of benzene rings is 1. The second-order valence-corrected chi connectivity index (χ2v) is 10.4. The largest absolute Gasteiger partial charge is 0.495 e. The molecule has 10 heteroatoms. The number of ether oxygens (including phenoxy) is 1. The Morgan fingerprint density at radius 1 is 1.13 bits per heavy atom. The van der Waals surface area contributed by atoms with Crippen molar-refractivity contribution in [2.45, 2.75) is 30.4 Å². The summed E-state index contributed by atoms with van der Waals surface area (Å²) in [5.41, 5.74) is 1.47.